The van der Waals surface area contributed by atoms with Crippen molar-refractivity contribution in [3.8, 4) is 0 Å². The van der Waals surface area contributed by atoms with Crippen LogP contribution in [-0.4, -0.2) is 67.3 Å². The molecule has 28 heavy (non-hydrogen) atoms. The lowest BCUT2D eigenvalue weighted by molar-refractivity contribution is -0.135. The molecule has 0 aliphatic carbocycles. The number of likely N-dealkylation sites (tertiary alicyclic amines) is 1. The molecule has 0 unspecified atom stereocenters. The summed E-state index contributed by atoms with van der Waals surface area (Å²) in [5.41, 5.74) is 1.11. The van der Waals surface area contributed by atoms with E-state index >= 15 is 0 Å². The summed E-state index contributed by atoms with van der Waals surface area (Å²) < 4.78 is 0. The van der Waals surface area contributed by atoms with Gasteiger partial charge in [-0.2, -0.15) is 0 Å². The number of rotatable bonds is 6. The van der Waals surface area contributed by atoms with Gasteiger partial charge < -0.3 is 20.4 Å². The van der Waals surface area contributed by atoms with Gasteiger partial charge in [0.2, 0.25) is 11.8 Å². The number of piperidine rings is 1. The molecule has 0 saturated carbocycles. The third-order valence-corrected chi connectivity index (χ3v) is 4.81. The molecular formula is C21H33N5O2. The molecule has 0 spiro atoms. The first kappa shape index (κ1) is 21.7. The molecule has 2 N–H and O–H groups in total. The zero-order valence-electron chi connectivity index (χ0n) is 17.4. The van der Waals surface area contributed by atoms with Crippen molar-refractivity contribution >= 4 is 17.8 Å². The third kappa shape index (κ3) is 6.87. The Bertz CT molecular complexity index is 665. The molecule has 1 aromatic carbocycles. The van der Waals surface area contributed by atoms with Gasteiger partial charge in [0.25, 0.3) is 0 Å². The normalized spacial score (nSPS) is 15.5. The highest BCUT2D eigenvalue weighted by atomic mass is 16.2. The van der Waals surface area contributed by atoms with E-state index in [0.29, 0.717) is 12.5 Å². The number of nitrogens with one attached hydrogen (secondary N) is 2. The number of aliphatic imine (C=N–C) groups is 1. The van der Waals surface area contributed by atoms with Crippen molar-refractivity contribution in [1.82, 2.24) is 20.4 Å². The van der Waals surface area contributed by atoms with Crippen molar-refractivity contribution in [2.45, 2.75) is 39.3 Å². The van der Waals surface area contributed by atoms with E-state index in [0.717, 1.165) is 31.5 Å². The summed E-state index contributed by atoms with van der Waals surface area (Å²) in [6.45, 7) is 6.10. The number of hydrogen-bond donors (Lipinski definition) is 2. The Morgan fingerprint density at radius 3 is 2.39 bits per heavy atom. The maximum absolute atomic E-state index is 12.2. The Morgan fingerprint density at radius 2 is 1.82 bits per heavy atom. The Kier molecular flexibility index (Phi) is 8.29. The van der Waals surface area contributed by atoms with Gasteiger partial charge in [-0.05, 0) is 18.4 Å². The minimum absolute atomic E-state index is 0.00781. The van der Waals surface area contributed by atoms with Crippen molar-refractivity contribution in [2.24, 2.45) is 10.9 Å². The highest BCUT2D eigenvalue weighted by Crippen LogP contribution is 2.13. The molecule has 1 fully saturated rings. The van der Waals surface area contributed by atoms with Crippen LogP contribution in [0.2, 0.25) is 0 Å². The third-order valence-electron chi connectivity index (χ3n) is 4.81. The van der Waals surface area contributed by atoms with Crippen molar-refractivity contribution in [2.75, 3.05) is 33.7 Å². The molecule has 1 saturated heterocycles. The Morgan fingerprint density at radius 1 is 1.18 bits per heavy atom. The van der Waals surface area contributed by atoms with Gasteiger partial charge in [-0.25, -0.2) is 4.99 Å². The van der Waals surface area contributed by atoms with E-state index in [4.69, 9.17) is 0 Å². The van der Waals surface area contributed by atoms with E-state index in [-0.39, 0.29) is 30.3 Å². The van der Waals surface area contributed by atoms with Crippen LogP contribution in [-0.2, 0) is 16.1 Å². The van der Waals surface area contributed by atoms with Crippen LogP contribution in [0, 0.1) is 5.92 Å². The molecule has 0 atom stereocenters. The summed E-state index contributed by atoms with van der Waals surface area (Å²) in [6, 6.07) is 10.2. The first-order chi connectivity index (χ1) is 13.4. The second-order valence-corrected chi connectivity index (χ2v) is 7.69. The van der Waals surface area contributed by atoms with Gasteiger partial charge in [-0.3, -0.25) is 9.59 Å². The highest BCUT2D eigenvalue weighted by molar-refractivity contribution is 5.86. The van der Waals surface area contributed by atoms with E-state index in [2.05, 4.69) is 15.6 Å². The predicted octanol–water partition coefficient (Wildman–Crippen LogP) is 1.46. The Hall–Kier alpha value is -2.57. The molecule has 2 rings (SSSR count). The van der Waals surface area contributed by atoms with Crippen LogP contribution in [0.5, 0.6) is 0 Å². The SMILES string of the molecule is CC(C)C(=O)N1CCC(NC(=NCc2ccccc2)NCC(=O)N(C)C)CC1. The van der Waals surface area contributed by atoms with E-state index < -0.39 is 0 Å². The number of hydrogen-bond acceptors (Lipinski definition) is 3. The maximum Gasteiger partial charge on any atom is 0.241 e. The molecule has 1 aromatic rings. The monoisotopic (exact) mass is 387 g/mol. The molecule has 1 aliphatic rings. The van der Waals surface area contributed by atoms with Crippen molar-refractivity contribution < 1.29 is 9.59 Å². The van der Waals surface area contributed by atoms with Gasteiger partial charge in [0, 0.05) is 39.1 Å². The number of guanidine groups is 1. The molecule has 0 aromatic heterocycles. The fourth-order valence-electron chi connectivity index (χ4n) is 3.03. The van der Waals surface area contributed by atoms with Crippen LogP contribution in [0.1, 0.15) is 32.3 Å². The first-order valence-corrected chi connectivity index (χ1v) is 9.94. The lowest BCUT2D eigenvalue weighted by atomic mass is 10.0. The Balaban J connectivity index is 1.95. The van der Waals surface area contributed by atoms with Gasteiger partial charge in [0.05, 0.1) is 13.1 Å². The molecular weight excluding hydrogens is 354 g/mol. The minimum Gasteiger partial charge on any atom is -0.354 e. The van der Waals surface area contributed by atoms with Crippen molar-refractivity contribution in [1.29, 1.82) is 0 Å². The van der Waals surface area contributed by atoms with Gasteiger partial charge in [0.1, 0.15) is 0 Å². The summed E-state index contributed by atoms with van der Waals surface area (Å²) in [5.74, 6) is 0.872. The Labute approximate surface area is 168 Å². The molecule has 0 radical (unpaired) electrons. The van der Waals surface area contributed by atoms with Crippen molar-refractivity contribution in [3.05, 3.63) is 35.9 Å². The fraction of sp³-hybridized carbons (Fsp3) is 0.571. The minimum atomic E-state index is -0.00781. The zero-order valence-corrected chi connectivity index (χ0v) is 17.4. The molecule has 7 nitrogen and oxygen atoms in total. The average molecular weight is 388 g/mol. The summed E-state index contributed by atoms with van der Waals surface area (Å²) in [5, 5.41) is 6.58. The fourth-order valence-corrected chi connectivity index (χ4v) is 3.03. The topological polar surface area (TPSA) is 77.0 Å². The summed E-state index contributed by atoms with van der Waals surface area (Å²) in [7, 11) is 3.47. The molecule has 1 aliphatic heterocycles. The largest absolute Gasteiger partial charge is 0.354 e. The van der Waals surface area contributed by atoms with Gasteiger partial charge in [0.15, 0.2) is 5.96 Å². The second-order valence-electron chi connectivity index (χ2n) is 7.69. The summed E-state index contributed by atoms with van der Waals surface area (Å²) in [6.07, 6.45) is 1.73. The molecule has 0 bridgehead atoms. The van der Waals surface area contributed by atoms with E-state index in [9.17, 15) is 9.59 Å². The number of carbonyl (C=O) groups excluding carboxylic acids is 2. The van der Waals surface area contributed by atoms with Crippen LogP contribution in [0.3, 0.4) is 0 Å². The number of likely N-dealkylation sites (N-methyl/N-ethyl adjacent to an activating group) is 1. The van der Waals surface area contributed by atoms with E-state index in [1.54, 1.807) is 19.0 Å². The van der Waals surface area contributed by atoms with Crippen molar-refractivity contribution in [3.63, 3.8) is 0 Å². The maximum atomic E-state index is 12.2. The molecule has 154 valence electrons. The van der Waals surface area contributed by atoms with Crippen LogP contribution < -0.4 is 10.6 Å². The van der Waals surface area contributed by atoms with Crippen LogP contribution >= 0.6 is 0 Å². The van der Waals surface area contributed by atoms with Crippen LogP contribution in [0.4, 0.5) is 0 Å². The number of amides is 2. The molecule has 2 amide bonds. The molecule has 1 heterocycles. The predicted molar refractivity (Wildman–Crippen MR) is 112 cm³/mol. The summed E-state index contributed by atoms with van der Waals surface area (Å²) >= 11 is 0. The number of nitrogens with zero attached hydrogens (tertiary/aromatic N) is 3. The lowest BCUT2D eigenvalue weighted by Gasteiger charge is -2.34. The second kappa shape index (κ2) is 10.7. The van der Waals surface area contributed by atoms with Gasteiger partial charge >= 0.3 is 0 Å². The zero-order chi connectivity index (χ0) is 20.5. The van der Waals surface area contributed by atoms with Crippen LogP contribution in [0.15, 0.2) is 35.3 Å². The first-order valence-electron chi connectivity index (χ1n) is 9.94. The van der Waals surface area contributed by atoms with Gasteiger partial charge in [-0.1, -0.05) is 44.2 Å². The van der Waals surface area contributed by atoms with Crippen LogP contribution in [0.25, 0.3) is 0 Å². The quantitative estimate of drug-likeness (QED) is 0.572. The lowest BCUT2D eigenvalue weighted by Crippen LogP contribution is -2.51. The number of benzene rings is 1. The standard InChI is InChI=1S/C21H33N5O2/c1-16(2)20(28)26-12-10-18(11-13-26)24-21(23-15-19(27)25(3)4)22-14-17-8-6-5-7-9-17/h5-9,16,18H,10-15H2,1-4H3,(H2,22,23,24). The smallest absolute Gasteiger partial charge is 0.241 e. The van der Waals surface area contributed by atoms with Gasteiger partial charge in [-0.15, -0.1) is 0 Å². The van der Waals surface area contributed by atoms with E-state index in [1.807, 2.05) is 49.1 Å². The highest BCUT2D eigenvalue weighted by Gasteiger charge is 2.24. The summed E-state index contributed by atoms with van der Waals surface area (Å²) in [4.78, 5) is 32.2. The molecule has 7 heteroatoms. The average Bonchev–Trinajstić information content (AvgIpc) is 2.70. The van der Waals surface area contributed by atoms with E-state index in [1.165, 1.54) is 0 Å². The number of carbonyl (C=O) groups is 2.